The van der Waals surface area contributed by atoms with Gasteiger partial charge in [-0.1, -0.05) is 18.2 Å². The molecule has 0 bridgehead atoms. The van der Waals surface area contributed by atoms with Crippen LogP contribution in [-0.2, 0) is 13.6 Å². The van der Waals surface area contributed by atoms with Crippen molar-refractivity contribution in [2.75, 3.05) is 0 Å². The van der Waals surface area contributed by atoms with E-state index in [0.717, 1.165) is 42.4 Å². The maximum atomic E-state index is 12.7. The van der Waals surface area contributed by atoms with Crippen LogP contribution in [-0.4, -0.2) is 24.5 Å². The molecule has 0 saturated carbocycles. The third-order valence-corrected chi connectivity index (χ3v) is 5.78. The Labute approximate surface area is 186 Å². The number of aromatic amines is 1. The number of fused-ring (bicyclic) bond motifs is 1. The molecule has 0 saturated heterocycles. The molecule has 0 amide bonds. The SMILES string of the molecule is Cn1cc(-c2n[nH]c3ccc(-c4ccn(Cc5cccc(I)c5)c(=O)c4)cc23)cn1. The Morgan fingerprint density at radius 2 is 1.90 bits per heavy atom. The summed E-state index contributed by atoms with van der Waals surface area (Å²) in [6.07, 6.45) is 5.60. The summed E-state index contributed by atoms with van der Waals surface area (Å²) in [4.78, 5) is 12.7. The van der Waals surface area contributed by atoms with Crippen LogP contribution in [0.1, 0.15) is 5.56 Å². The van der Waals surface area contributed by atoms with Gasteiger partial charge < -0.3 is 4.57 Å². The number of hydrogen-bond acceptors (Lipinski definition) is 3. The van der Waals surface area contributed by atoms with E-state index in [1.54, 1.807) is 21.5 Å². The molecule has 0 aliphatic carbocycles. The van der Waals surface area contributed by atoms with Crippen molar-refractivity contribution in [2.24, 2.45) is 7.05 Å². The number of nitrogens with one attached hydrogen (secondary N) is 1. The Balaban J connectivity index is 1.51. The summed E-state index contributed by atoms with van der Waals surface area (Å²) in [5, 5.41) is 12.8. The summed E-state index contributed by atoms with van der Waals surface area (Å²) in [5.74, 6) is 0. The predicted molar refractivity (Wildman–Crippen MR) is 126 cm³/mol. The smallest absolute Gasteiger partial charge is 0.251 e. The third-order valence-electron chi connectivity index (χ3n) is 5.11. The maximum absolute atomic E-state index is 12.7. The molecule has 0 spiro atoms. The molecule has 5 rings (SSSR count). The number of H-pyrrole nitrogens is 1. The molecule has 0 aliphatic heterocycles. The highest BCUT2D eigenvalue weighted by Crippen LogP contribution is 2.29. The third kappa shape index (κ3) is 3.56. The van der Waals surface area contributed by atoms with Gasteiger partial charge in [0.1, 0.15) is 5.69 Å². The van der Waals surface area contributed by atoms with Gasteiger partial charge in [0.25, 0.3) is 5.56 Å². The molecule has 0 atom stereocenters. The zero-order valence-electron chi connectivity index (χ0n) is 16.2. The van der Waals surface area contributed by atoms with Gasteiger partial charge in [-0.2, -0.15) is 10.2 Å². The number of benzene rings is 2. The van der Waals surface area contributed by atoms with E-state index in [1.165, 1.54) is 0 Å². The summed E-state index contributed by atoms with van der Waals surface area (Å²) in [5.41, 5.74) is 5.71. The van der Waals surface area contributed by atoms with Crippen molar-refractivity contribution < 1.29 is 0 Å². The summed E-state index contributed by atoms with van der Waals surface area (Å²) in [7, 11) is 1.88. The minimum absolute atomic E-state index is 0.0221. The summed E-state index contributed by atoms with van der Waals surface area (Å²) in [6, 6.07) is 17.9. The van der Waals surface area contributed by atoms with Gasteiger partial charge in [-0.25, -0.2) is 0 Å². The first-order valence-corrected chi connectivity index (χ1v) is 10.6. The highest BCUT2D eigenvalue weighted by Gasteiger charge is 2.11. The molecule has 0 aliphatic rings. The molecular formula is C23H18IN5O. The van der Waals surface area contributed by atoms with Crippen molar-refractivity contribution in [3.63, 3.8) is 0 Å². The van der Waals surface area contributed by atoms with Crippen molar-refractivity contribution >= 4 is 33.5 Å². The van der Waals surface area contributed by atoms with Crippen LogP contribution in [0.3, 0.4) is 0 Å². The Hall–Kier alpha value is -3.20. The van der Waals surface area contributed by atoms with Gasteiger partial charge in [0.2, 0.25) is 0 Å². The number of halogens is 1. The van der Waals surface area contributed by atoms with Crippen LogP contribution in [0.25, 0.3) is 33.3 Å². The Kier molecular flexibility index (Phi) is 4.74. The standard InChI is InChI=1S/C23H18IN5O/c1-28-14-18(12-25-28)23-20-10-16(5-6-21(20)26-27-23)17-7-8-29(22(30)11-17)13-15-3-2-4-19(24)9-15/h2-12,14H,13H2,1H3,(H,26,27). The highest BCUT2D eigenvalue weighted by molar-refractivity contribution is 14.1. The zero-order chi connectivity index (χ0) is 20.7. The van der Waals surface area contributed by atoms with Gasteiger partial charge >= 0.3 is 0 Å². The second-order valence-electron chi connectivity index (χ2n) is 7.25. The molecule has 3 aromatic heterocycles. The van der Waals surface area contributed by atoms with Crippen LogP contribution in [0.2, 0.25) is 0 Å². The molecule has 0 unspecified atom stereocenters. The molecule has 6 nitrogen and oxygen atoms in total. The average Bonchev–Trinajstić information content (AvgIpc) is 3.35. The number of hydrogen-bond donors (Lipinski definition) is 1. The van der Waals surface area contributed by atoms with Crippen molar-refractivity contribution in [3.8, 4) is 22.4 Å². The van der Waals surface area contributed by atoms with E-state index in [4.69, 9.17) is 0 Å². The lowest BCUT2D eigenvalue weighted by Crippen LogP contribution is -2.19. The maximum Gasteiger partial charge on any atom is 0.251 e. The van der Waals surface area contributed by atoms with E-state index in [-0.39, 0.29) is 5.56 Å². The molecule has 7 heteroatoms. The molecule has 5 aromatic rings. The van der Waals surface area contributed by atoms with Gasteiger partial charge in [-0.05, 0) is 69.6 Å². The second kappa shape index (κ2) is 7.56. The monoisotopic (exact) mass is 507 g/mol. The average molecular weight is 507 g/mol. The fourth-order valence-corrected chi connectivity index (χ4v) is 4.21. The van der Waals surface area contributed by atoms with E-state index < -0.39 is 0 Å². The van der Waals surface area contributed by atoms with E-state index in [0.29, 0.717) is 6.54 Å². The molecule has 148 valence electrons. The lowest BCUT2D eigenvalue weighted by Gasteiger charge is -2.08. The molecular weight excluding hydrogens is 489 g/mol. The Morgan fingerprint density at radius 3 is 2.67 bits per heavy atom. The normalized spacial score (nSPS) is 11.3. The lowest BCUT2D eigenvalue weighted by atomic mass is 10.0. The molecule has 0 radical (unpaired) electrons. The molecule has 3 heterocycles. The first-order chi connectivity index (χ1) is 14.6. The molecule has 1 N–H and O–H groups in total. The zero-order valence-corrected chi connectivity index (χ0v) is 18.4. The number of pyridine rings is 1. The second-order valence-corrected chi connectivity index (χ2v) is 8.49. The Morgan fingerprint density at radius 1 is 1.03 bits per heavy atom. The molecule has 0 fully saturated rings. The minimum Gasteiger partial charge on any atom is -0.311 e. The number of aromatic nitrogens is 5. The van der Waals surface area contributed by atoms with Crippen LogP contribution < -0.4 is 5.56 Å². The first kappa shape index (κ1) is 18.8. The van der Waals surface area contributed by atoms with Gasteiger partial charge in [-0.15, -0.1) is 0 Å². The van der Waals surface area contributed by atoms with Crippen LogP contribution in [0.5, 0.6) is 0 Å². The molecule has 2 aromatic carbocycles. The fraction of sp³-hybridized carbons (Fsp3) is 0.0870. The van der Waals surface area contributed by atoms with E-state index in [1.807, 2.05) is 55.8 Å². The Bertz CT molecular complexity index is 1430. The largest absolute Gasteiger partial charge is 0.311 e. The quantitative estimate of drug-likeness (QED) is 0.366. The number of aryl methyl sites for hydroxylation is 1. The van der Waals surface area contributed by atoms with Crippen LogP contribution in [0.15, 0.2) is 78.0 Å². The van der Waals surface area contributed by atoms with Gasteiger partial charge in [-0.3, -0.25) is 14.6 Å². The van der Waals surface area contributed by atoms with Crippen molar-refractivity contribution in [1.82, 2.24) is 24.5 Å². The van der Waals surface area contributed by atoms with Crippen molar-refractivity contribution in [1.29, 1.82) is 0 Å². The summed E-state index contributed by atoms with van der Waals surface area (Å²) >= 11 is 2.28. The van der Waals surface area contributed by atoms with Crippen LogP contribution >= 0.6 is 22.6 Å². The van der Waals surface area contributed by atoms with Crippen LogP contribution in [0.4, 0.5) is 0 Å². The van der Waals surface area contributed by atoms with Gasteiger partial charge in [0.05, 0.1) is 18.3 Å². The number of nitrogens with zero attached hydrogens (tertiary/aromatic N) is 4. The van der Waals surface area contributed by atoms with Crippen molar-refractivity contribution in [2.45, 2.75) is 6.54 Å². The van der Waals surface area contributed by atoms with E-state index in [2.05, 4.69) is 50.0 Å². The fourth-order valence-electron chi connectivity index (χ4n) is 3.61. The van der Waals surface area contributed by atoms with E-state index in [9.17, 15) is 4.79 Å². The minimum atomic E-state index is -0.0221. The summed E-state index contributed by atoms with van der Waals surface area (Å²) in [6.45, 7) is 0.557. The van der Waals surface area contributed by atoms with Gasteiger partial charge in [0.15, 0.2) is 0 Å². The number of rotatable bonds is 4. The predicted octanol–water partition coefficient (Wildman–Crippen LogP) is 4.45. The highest BCUT2D eigenvalue weighted by atomic mass is 127. The van der Waals surface area contributed by atoms with Gasteiger partial charge in [0, 0.05) is 40.0 Å². The van der Waals surface area contributed by atoms with Crippen LogP contribution in [0, 0.1) is 3.57 Å². The van der Waals surface area contributed by atoms with E-state index >= 15 is 0 Å². The molecule has 30 heavy (non-hydrogen) atoms. The summed E-state index contributed by atoms with van der Waals surface area (Å²) < 4.78 is 4.65. The van der Waals surface area contributed by atoms with Crippen molar-refractivity contribution in [3.05, 3.63) is 92.7 Å². The lowest BCUT2D eigenvalue weighted by molar-refractivity contribution is 0.760. The topological polar surface area (TPSA) is 68.5 Å². The first-order valence-electron chi connectivity index (χ1n) is 9.49.